The van der Waals surface area contributed by atoms with Gasteiger partial charge in [-0.15, -0.1) is 0 Å². The molecular weight excluding hydrogens is 346 g/mol. The molecule has 0 spiro atoms. The van der Waals surface area contributed by atoms with Crippen molar-refractivity contribution in [2.75, 3.05) is 19.5 Å². The molecule has 8 nitrogen and oxygen atoms in total. The standard InChI is InChI=1S/C19H23N5O3/c1-10-7-16(26-5)17(27-6)9-13(10)20-19(25)15-8-14(21-22-15)18-11(2)23-24(4)12(18)3/h7-9H,1-6H3,(H,20,25)(H,21,22). The second-order valence-electron chi connectivity index (χ2n) is 6.31. The van der Waals surface area contributed by atoms with Gasteiger partial charge in [-0.05, 0) is 38.5 Å². The molecule has 0 radical (unpaired) electrons. The van der Waals surface area contributed by atoms with Crippen LogP contribution in [-0.2, 0) is 7.05 Å². The first-order valence-electron chi connectivity index (χ1n) is 8.45. The van der Waals surface area contributed by atoms with E-state index in [9.17, 15) is 4.79 Å². The molecule has 1 amide bonds. The van der Waals surface area contributed by atoms with Crippen molar-refractivity contribution < 1.29 is 14.3 Å². The number of H-pyrrole nitrogens is 1. The van der Waals surface area contributed by atoms with E-state index in [4.69, 9.17) is 9.47 Å². The van der Waals surface area contributed by atoms with Gasteiger partial charge in [0.15, 0.2) is 11.5 Å². The maximum atomic E-state index is 12.7. The van der Waals surface area contributed by atoms with Gasteiger partial charge in [0.25, 0.3) is 5.91 Å². The number of ether oxygens (including phenoxy) is 2. The minimum absolute atomic E-state index is 0.289. The molecule has 0 atom stereocenters. The van der Waals surface area contributed by atoms with Crippen molar-refractivity contribution in [3.63, 3.8) is 0 Å². The van der Waals surface area contributed by atoms with Crippen molar-refractivity contribution in [1.29, 1.82) is 0 Å². The lowest BCUT2D eigenvalue weighted by atomic mass is 10.1. The molecular formula is C19H23N5O3. The Morgan fingerprint density at radius 1 is 1.11 bits per heavy atom. The Kier molecular flexibility index (Phi) is 4.89. The van der Waals surface area contributed by atoms with Crippen LogP contribution in [0.2, 0.25) is 0 Å². The molecule has 2 heterocycles. The number of hydrogen-bond donors (Lipinski definition) is 2. The molecule has 0 fully saturated rings. The SMILES string of the molecule is COc1cc(C)c(NC(=O)c2cc(-c3c(C)nn(C)c3C)n[nH]2)cc1OC. The molecule has 3 aromatic rings. The van der Waals surface area contributed by atoms with Gasteiger partial charge >= 0.3 is 0 Å². The predicted octanol–water partition coefficient (Wildman–Crippen LogP) is 3.00. The van der Waals surface area contributed by atoms with E-state index < -0.39 is 0 Å². The van der Waals surface area contributed by atoms with Crippen LogP contribution in [0.25, 0.3) is 11.3 Å². The van der Waals surface area contributed by atoms with E-state index in [1.165, 1.54) is 0 Å². The highest BCUT2D eigenvalue weighted by atomic mass is 16.5. The lowest BCUT2D eigenvalue weighted by Gasteiger charge is -2.13. The third-order valence-electron chi connectivity index (χ3n) is 4.57. The number of amides is 1. The largest absolute Gasteiger partial charge is 0.493 e. The molecule has 0 aliphatic heterocycles. The fraction of sp³-hybridized carbons (Fsp3) is 0.316. The van der Waals surface area contributed by atoms with Crippen LogP contribution in [0, 0.1) is 20.8 Å². The summed E-state index contributed by atoms with van der Waals surface area (Å²) in [4.78, 5) is 12.7. The Morgan fingerprint density at radius 2 is 1.78 bits per heavy atom. The van der Waals surface area contributed by atoms with Crippen LogP contribution >= 0.6 is 0 Å². The Labute approximate surface area is 157 Å². The van der Waals surface area contributed by atoms with Crippen LogP contribution < -0.4 is 14.8 Å². The third kappa shape index (κ3) is 3.38. The Balaban J connectivity index is 1.87. The van der Waals surface area contributed by atoms with Crippen molar-refractivity contribution in [1.82, 2.24) is 20.0 Å². The van der Waals surface area contributed by atoms with Crippen molar-refractivity contribution in [3.8, 4) is 22.8 Å². The van der Waals surface area contributed by atoms with Gasteiger partial charge in [0.2, 0.25) is 0 Å². The number of hydrogen-bond acceptors (Lipinski definition) is 5. The predicted molar refractivity (Wildman–Crippen MR) is 102 cm³/mol. The Hall–Kier alpha value is -3.29. The zero-order valence-corrected chi connectivity index (χ0v) is 16.3. The summed E-state index contributed by atoms with van der Waals surface area (Å²) in [5, 5.41) is 14.4. The number of nitrogens with one attached hydrogen (secondary N) is 2. The maximum Gasteiger partial charge on any atom is 0.273 e. The van der Waals surface area contributed by atoms with Crippen molar-refractivity contribution >= 4 is 11.6 Å². The van der Waals surface area contributed by atoms with Crippen LogP contribution in [0.15, 0.2) is 18.2 Å². The minimum atomic E-state index is -0.289. The first kappa shape index (κ1) is 18.5. The van der Waals surface area contributed by atoms with Crippen LogP contribution in [0.1, 0.15) is 27.4 Å². The molecule has 0 aliphatic rings. The quantitative estimate of drug-likeness (QED) is 0.721. The second-order valence-corrected chi connectivity index (χ2v) is 6.31. The summed E-state index contributed by atoms with van der Waals surface area (Å²) in [5.74, 6) is 0.868. The molecule has 3 rings (SSSR count). The summed E-state index contributed by atoms with van der Waals surface area (Å²) in [5.41, 5.74) is 5.33. The summed E-state index contributed by atoms with van der Waals surface area (Å²) in [6.45, 7) is 5.78. The maximum absolute atomic E-state index is 12.7. The topological polar surface area (TPSA) is 94.1 Å². The lowest BCUT2D eigenvalue weighted by molar-refractivity contribution is 0.102. The van der Waals surface area contributed by atoms with Crippen LogP contribution in [0.4, 0.5) is 5.69 Å². The number of carbonyl (C=O) groups is 1. The highest BCUT2D eigenvalue weighted by Gasteiger charge is 2.18. The fourth-order valence-electron chi connectivity index (χ4n) is 3.02. The molecule has 8 heteroatoms. The third-order valence-corrected chi connectivity index (χ3v) is 4.57. The monoisotopic (exact) mass is 369 g/mol. The van der Waals surface area contributed by atoms with E-state index in [-0.39, 0.29) is 5.91 Å². The molecule has 2 aromatic heterocycles. The van der Waals surface area contributed by atoms with E-state index in [2.05, 4.69) is 20.6 Å². The van der Waals surface area contributed by atoms with Crippen molar-refractivity contribution in [2.45, 2.75) is 20.8 Å². The number of aromatic nitrogens is 4. The van der Waals surface area contributed by atoms with Gasteiger partial charge < -0.3 is 14.8 Å². The zero-order chi connectivity index (χ0) is 19.7. The van der Waals surface area contributed by atoms with Crippen LogP contribution in [-0.4, -0.2) is 40.1 Å². The second kappa shape index (κ2) is 7.14. The first-order valence-corrected chi connectivity index (χ1v) is 8.45. The molecule has 2 N–H and O–H groups in total. The minimum Gasteiger partial charge on any atom is -0.493 e. The molecule has 1 aromatic carbocycles. The average Bonchev–Trinajstić information content (AvgIpc) is 3.21. The summed E-state index contributed by atoms with van der Waals surface area (Å²) < 4.78 is 12.4. The number of anilines is 1. The van der Waals surface area contributed by atoms with Gasteiger partial charge in [0.05, 0.1) is 25.6 Å². The molecule has 142 valence electrons. The normalized spacial score (nSPS) is 10.7. The smallest absolute Gasteiger partial charge is 0.273 e. The lowest BCUT2D eigenvalue weighted by Crippen LogP contribution is -2.13. The van der Waals surface area contributed by atoms with E-state index in [0.29, 0.717) is 28.6 Å². The van der Waals surface area contributed by atoms with Gasteiger partial charge in [0, 0.05) is 30.1 Å². The molecule has 0 saturated carbocycles. The highest BCUT2D eigenvalue weighted by molar-refractivity contribution is 6.04. The van der Waals surface area contributed by atoms with E-state index >= 15 is 0 Å². The number of benzene rings is 1. The number of nitrogens with zero attached hydrogens (tertiary/aromatic N) is 3. The number of methoxy groups -OCH3 is 2. The molecule has 0 saturated heterocycles. The van der Waals surface area contributed by atoms with Crippen LogP contribution in [0.5, 0.6) is 11.5 Å². The molecule has 27 heavy (non-hydrogen) atoms. The van der Waals surface area contributed by atoms with Gasteiger partial charge in [-0.1, -0.05) is 0 Å². The zero-order valence-electron chi connectivity index (χ0n) is 16.3. The van der Waals surface area contributed by atoms with Crippen LogP contribution in [0.3, 0.4) is 0 Å². The number of carbonyl (C=O) groups excluding carboxylic acids is 1. The van der Waals surface area contributed by atoms with Crippen molar-refractivity contribution in [3.05, 3.63) is 40.8 Å². The van der Waals surface area contributed by atoms with E-state index in [1.54, 1.807) is 31.0 Å². The van der Waals surface area contributed by atoms with E-state index in [1.807, 2.05) is 33.9 Å². The average molecular weight is 369 g/mol. The highest BCUT2D eigenvalue weighted by Crippen LogP contribution is 2.33. The van der Waals surface area contributed by atoms with Crippen molar-refractivity contribution in [2.24, 2.45) is 7.05 Å². The van der Waals surface area contributed by atoms with Gasteiger partial charge in [-0.2, -0.15) is 10.2 Å². The summed E-state index contributed by atoms with van der Waals surface area (Å²) in [7, 11) is 5.01. The number of aromatic amines is 1. The Morgan fingerprint density at radius 3 is 2.37 bits per heavy atom. The van der Waals surface area contributed by atoms with Gasteiger partial charge in [-0.3, -0.25) is 14.6 Å². The summed E-state index contributed by atoms with van der Waals surface area (Å²) in [6, 6.07) is 5.27. The molecule has 0 bridgehead atoms. The summed E-state index contributed by atoms with van der Waals surface area (Å²) >= 11 is 0. The number of aryl methyl sites for hydroxylation is 3. The fourth-order valence-corrected chi connectivity index (χ4v) is 3.02. The van der Waals surface area contributed by atoms with E-state index in [0.717, 1.165) is 22.5 Å². The van der Waals surface area contributed by atoms with Gasteiger partial charge in [0.1, 0.15) is 5.69 Å². The van der Waals surface area contributed by atoms with Gasteiger partial charge in [-0.25, -0.2) is 0 Å². The Bertz CT molecular complexity index is 1000. The summed E-state index contributed by atoms with van der Waals surface area (Å²) in [6.07, 6.45) is 0. The molecule has 0 aliphatic carbocycles. The molecule has 0 unspecified atom stereocenters. The first-order chi connectivity index (χ1) is 12.8. The number of rotatable bonds is 5.